The minimum atomic E-state index is -4.40. The highest BCUT2D eigenvalue weighted by Crippen LogP contribution is 2.22. The van der Waals surface area contributed by atoms with Crippen LogP contribution in [0.2, 0.25) is 0 Å². The molecular formula is C17H15F3N4O2S. The van der Waals surface area contributed by atoms with E-state index < -0.39 is 24.2 Å². The van der Waals surface area contributed by atoms with Crippen molar-refractivity contribution in [3.63, 3.8) is 0 Å². The van der Waals surface area contributed by atoms with Crippen LogP contribution in [0.3, 0.4) is 0 Å². The minimum absolute atomic E-state index is 0.0785. The van der Waals surface area contributed by atoms with Crippen LogP contribution < -0.4 is 5.56 Å². The molecular weight excluding hydrogens is 381 g/mol. The zero-order chi connectivity index (χ0) is 19.6. The second kappa shape index (κ2) is 7.39. The van der Waals surface area contributed by atoms with Gasteiger partial charge in [-0.1, -0.05) is 6.07 Å². The van der Waals surface area contributed by atoms with Crippen LogP contribution in [0.4, 0.5) is 13.2 Å². The zero-order valence-corrected chi connectivity index (χ0v) is 15.0. The maximum atomic E-state index is 12.6. The van der Waals surface area contributed by atoms with Crippen molar-refractivity contribution < 1.29 is 18.0 Å². The number of hydrogen-bond acceptors (Lipinski definition) is 4. The number of aromatic nitrogens is 3. The van der Waals surface area contributed by atoms with Gasteiger partial charge in [0, 0.05) is 19.4 Å². The van der Waals surface area contributed by atoms with Crippen molar-refractivity contribution >= 4 is 17.2 Å². The van der Waals surface area contributed by atoms with Crippen LogP contribution in [0.15, 0.2) is 46.8 Å². The van der Waals surface area contributed by atoms with Crippen LogP contribution in [0, 0.1) is 0 Å². The van der Waals surface area contributed by atoms with Crippen LogP contribution in [0.1, 0.15) is 16.2 Å². The van der Waals surface area contributed by atoms with E-state index in [0.717, 1.165) is 14.3 Å². The molecule has 27 heavy (non-hydrogen) atoms. The number of imidazole rings is 1. The van der Waals surface area contributed by atoms with Crippen molar-refractivity contribution in [3.8, 4) is 10.6 Å². The van der Waals surface area contributed by atoms with E-state index in [1.807, 2.05) is 17.5 Å². The molecule has 0 aliphatic rings. The first-order valence-electron chi connectivity index (χ1n) is 7.84. The third-order valence-electron chi connectivity index (χ3n) is 3.80. The fourth-order valence-corrected chi connectivity index (χ4v) is 3.24. The lowest BCUT2D eigenvalue weighted by molar-refractivity contribution is -0.141. The lowest BCUT2D eigenvalue weighted by atomic mass is 10.2. The van der Waals surface area contributed by atoms with Gasteiger partial charge in [-0.25, -0.2) is 4.98 Å². The van der Waals surface area contributed by atoms with Crippen LogP contribution >= 0.6 is 11.3 Å². The summed E-state index contributed by atoms with van der Waals surface area (Å²) in [7, 11) is 1.40. The van der Waals surface area contributed by atoms with E-state index in [1.165, 1.54) is 36.8 Å². The topological polar surface area (TPSA) is 71.0 Å². The molecule has 0 fully saturated rings. The Morgan fingerprint density at radius 2 is 2.11 bits per heavy atom. The third kappa shape index (κ3) is 4.45. The van der Waals surface area contributed by atoms with Crippen molar-refractivity contribution in [2.75, 3.05) is 7.05 Å². The first kappa shape index (κ1) is 18.9. The van der Waals surface area contributed by atoms with Crippen molar-refractivity contribution in [1.82, 2.24) is 19.4 Å². The fraction of sp³-hybridized carbons (Fsp3) is 0.235. The summed E-state index contributed by atoms with van der Waals surface area (Å²) in [4.78, 5) is 33.3. The number of nitrogens with zero attached hydrogens (tertiary/aromatic N) is 3. The highest BCUT2D eigenvalue weighted by atomic mass is 32.1. The molecule has 0 aliphatic heterocycles. The molecule has 3 rings (SSSR count). The second-order valence-corrected chi connectivity index (χ2v) is 6.79. The molecule has 0 radical (unpaired) electrons. The maximum Gasteiger partial charge on any atom is 0.406 e. The summed E-state index contributed by atoms with van der Waals surface area (Å²) in [5, 5.41) is 1.86. The Bertz CT molecular complexity index is 992. The number of amides is 1. The first-order valence-corrected chi connectivity index (χ1v) is 8.72. The smallest absolute Gasteiger partial charge is 0.334 e. The summed E-state index contributed by atoms with van der Waals surface area (Å²) < 4.78 is 38.7. The minimum Gasteiger partial charge on any atom is -0.334 e. The van der Waals surface area contributed by atoms with Gasteiger partial charge in [0.15, 0.2) is 0 Å². The molecule has 3 aromatic rings. The second-order valence-electron chi connectivity index (χ2n) is 5.84. The molecule has 1 amide bonds. The van der Waals surface area contributed by atoms with Gasteiger partial charge in [0.05, 0.1) is 17.1 Å². The van der Waals surface area contributed by atoms with Crippen LogP contribution in [0.25, 0.3) is 10.6 Å². The molecule has 3 heterocycles. The zero-order valence-electron chi connectivity index (χ0n) is 14.2. The van der Waals surface area contributed by atoms with Gasteiger partial charge in [-0.15, -0.1) is 11.3 Å². The summed E-state index contributed by atoms with van der Waals surface area (Å²) >= 11 is 1.45. The number of pyridine rings is 1. The fourth-order valence-electron chi connectivity index (χ4n) is 2.54. The molecule has 142 valence electrons. The van der Waals surface area contributed by atoms with Gasteiger partial charge in [0.2, 0.25) is 0 Å². The van der Waals surface area contributed by atoms with E-state index in [1.54, 1.807) is 6.07 Å². The van der Waals surface area contributed by atoms with E-state index in [-0.39, 0.29) is 17.9 Å². The Balaban J connectivity index is 1.77. The molecule has 1 N–H and O–H groups in total. The van der Waals surface area contributed by atoms with Gasteiger partial charge in [0.1, 0.15) is 17.9 Å². The molecule has 10 heteroatoms. The predicted molar refractivity (Wildman–Crippen MR) is 94.5 cm³/mol. The molecule has 0 saturated carbocycles. The van der Waals surface area contributed by atoms with E-state index >= 15 is 0 Å². The molecule has 0 aromatic carbocycles. The lowest BCUT2D eigenvalue weighted by Crippen LogP contribution is -2.32. The maximum absolute atomic E-state index is 12.6. The number of H-pyrrole nitrogens is 1. The molecule has 0 aliphatic carbocycles. The Hall–Kier alpha value is -2.88. The lowest BCUT2D eigenvalue weighted by Gasteiger charge is -2.18. The largest absolute Gasteiger partial charge is 0.406 e. The van der Waals surface area contributed by atoms with Crippen molar-refractivity contribution in [2.45, 2.75) is 19.3 Å². The summed E-state index contributed by atoms with van der Waals surface area (Å²) in [5.74, 6) is -0.523. The molecule has 0 saturated heterocycles. The summed E-state index contributed by atoms with van der Waals surface area (Å²) in [5.41, 5.74) is -0.0574. The highest BCUT2D eigenvalue weighted by molar-refractivity contribution is 7.13. The quantitative estimate of drug-likeness (QED) is 0.720. The number of nitrogens with one attached hydrogen (secondary N) is 1. The standard InChI is InChI=1S/C17H15F3N4O2S/c1-23(9-14-21-6-7-24(14)10-17(18,19)20)16(26)11-4-5-12(22-15(11)25)13-3-2-8-27-13/h2-8H,9-10H2,1H3,(H,22,25). The van der Waals surface area contributed by atoms with Gasteiger partial charge in [-0.3, -0.25) is 9.59 Å². The normalized spacial score (nSPS) is 11.6. The Labute approximate surface area is 155 Å². The highest BCUT2D eigenvalue weighted by Gasteiger charge is 2.29. The number of aromatic amines is 1. The molecule has 0 bridgehead atoms. The van der Waals surface area contributed by atoms with Gasteiger partial charge < -0.3 is 14.5 Å². The van der Waals surface area contributed by atoms with Gasteiger partial charge in [-0.05, 0) is 23.6 Å². The average molecular weight is 396 g/mol. The van der Waals surface area contributed by atoms with Gasteiger partial charge in [0.25, 0.3) is 11.5 Å². The summed E-state index contributed by atoms with van der Waals surface area (Å²) in [6.45, 7) is -1.35. The van der Waals surface area contributed by atoms with Crippen LogP contribution in [-0.2, 0) is 13.1 Å². The Morgan fingerprint density at radius 3 is 2.74 bits per heavy atom. The van der Waals surface area contributed by atoms with E-state index in [4.69, 9.17) is 0 Å². The van der Waals surface area contributed by atoms with Gasteiger partial charge >= 0.3 is 6.18 Å². The van der Waals surface area contributed by atoms with E-state index in [9.17, 15) is 22.8 Å². The Morgan fingerprint density at radius 1 is 1.33 bits per heavy atom. The third-order valence-corrected chi connectivity index (χ3v) is 4.71. The number of halogens is 3. The SMILES string of the molecule is CN(Cc1nccn1CC(F)(F)F)C(=O)c1ccc(-c2cccs2)[nH]c1=O. The van der Waals surface area contributed by atoms with E-state index in [2.05, 4.69) is 9.97 Å². The molecule has 0 unspecified atom stereocenters. The molecule has 0 spiro atoms. The van der Waals surface area contributed by atoms with Crippen LogP contribution in [0.5, 0.6) is 0 Å². The number of carbonyl (C=O) groups is 1. The molecule has 6 nitrogen and oxygen atoms in total. The Kier molecular flexibility index (Phi) is 5.17. The number of hydrogen-bond donors (Lipinski definition) is 1. The monoisotopic (exact) mass is 396 g/mol. The van der Waals surface area contributed by atoms with Crippen LogP contribution in [-0.4, -0.2) is 38.6 Å². The molecule has 3 aromatic heterocycles. The number of thiophene rings is 1. The van der Waals surface area contributed by atoms with E-state index in [0.29, 0.717) is 5.69 Å². The summed E-state index contributed by atoms with van der Waals surface area (Å²) in [6, 6.07) is 6.71. The first-order chi connectivity index (χ1) is 12.7. The average Bonchev–Trinajstić information content (AvgIpc) is 3.25. The number of alkyl halides is 3. The van der Waals surface area contributed by atoms with Crippen molar-refractivity contribution in [1.29, 1.82) is 0 Å². The van der Waals surface area contributed by atoms with Gasteiger partial charge in [-0.2, -0.15) is 13.2 Å². The summed E-state index contributed by atoms with van der Waals surface area (Å²) in [6.07, 6.45) is -1.96. The predicted octanol–water partition coefficient (Wildman–Crippen LogP) is 3.13. The van der Waals surface area contributed by atoms with Crippen molar-refractivity contribution in [2.24, 2.45) is 0 Å². The number of rotatable bonds is 5. The molecule has 0 atom stereocenters. The van der Waals surface area contributed by atoms with Crippen molar-refractivity contribution in [3.05, 3.63) is 63.8 Å². The number of carbonyl (C=O) groups excluding carboxylic acids is 1.